The van der Waals surface area contributed by atoms with E-state index in [1.807, 2.05) is 7.05 Å². The van der Waals surface area contributed by atoms with Gasteiger partial charge in [0.05, 0.1) is 6.20 Å². The first-order chi connectivity index (χ1) is 9.98. The van der Waals surface area contributed by atoms with Crippen molar-refractivity contribution in [1.82, 2.24) is 20.3 Å². The molecule has 0 aliphatic carbocycles. The van der Waals surface area contributed by atoms with Crippen LogP contribution in [0.4, 0.5) is 13.2 Å². The highest BCUT2D eigenvalue weighted by Gasteiger charge is 2.30. The number of nitrogens with one attached hydrogen (secondary N) is 1. The van der Waals surface area contributed by atoms with E-state index in [0.717, 1.165) is 19.5 Å². The smallest absolute Gasteiger partial charge is 0.406 e. The molecule has 1 aromatic carbocycles. The van der Waals surface area contributed by atoms with Crippen LogP contribution >= 0.6 is 0 Å². The average molecular weight is 300 g/mol. The summed E-state index contributed by atoms with van der Waals surface area (Å²) in [6.07, 6.45) is -2.01. The maximum Gasteiger partial charge on any atom is 0.573 e. The second-order valence-corrected chi connectivity index (χ2v) is 4.40. The van der Waals surface area contributed by atoms with Crippen LogP contribution in [0, 0.1) is 0 Å². The van der Waals surface area contributed by atoms with E-state index in [1.54, 1.807) is 10.9 Å². The first kappa shape index (κ1) is 15.3. The normalized spacial score (nSPS) is 11.6. The number of hydrogen-bond donors (Lipinski definition) is 1. The van der Waals surface area contributed by atoms with E-state index < -0.39 is 6.36 Å². The van der Waals surface area contributed by atoms with Crippen molar-refractivity contribution >= 4 is 0 Å². The zero-order valence-electron chi connectivity index (χ0n) is 11.4. The van der Waals surface area contributed by atoms with Gasteiger partial charge < -0.3 is 10.1 Å². The molecule has 1 N–H and O–H groups in total. The number of aromatic nitrogens is 3. The fourth-order valence-corrected chi connectivity index (χ4v) is 1.79. The summed E-state index contributed by atoms with van der Waals surface area (Å²) in [6.45, 7) is 1.60. The van der Waals surface area contributed by atoms with Crippen LogP contribution < -0.4 is 10.1 Å². The molecule has 0 atom stereocenters. The fourth-order valence-electron chi connectivity index (χ4n) is 1.79. The molecule has 0 aliphatic heterocycles. The van der Waals surface area contributed by atoms with Crippen molar-refractivity contribution in [2.75, 3.05) is 13.6 Å². The van der Waals surface area contributed by atoms with Crippen molar-refractivity contribution < 1.29 is 17.9 Å². The van der Waals surface area contributed by atoms with Gasteiger partial charge in [-0.05, 0) is 44.3 Å². The molecular weight excluding hydrogens is 285 g/mol. The van der Waals surface area contributed by atoms with Gasteiger partial charge in [0.25, 0.3) is 0 Å². The standard InChI is InChI=1S/C13H15F3N4O/c1-17-7-2-8-20-9-12(18-19-20)10-3-5-11(6-4-10)21-13(14,15)16/h3-6,9,17H,2,7-8H2,1H3. The number of nitrogens with zero attached hydrogens (tertiary/aromatic N) is 3. The Balaban J connectivity index is 2.02. The third kappa shape index (κ3) is 4.75. The molecule has 0 aliphatic rings. The van der Waals surface area contributed by atoms with E-state index in [9.17, 15) is 13.2 Å². The van der Waals surface area contributed by atoms with Gasteiger partial charge in [0.2, 0.25) is 0 Å². The second kappa shape index (κ2) is 6.57. The fraction of sp³-hybridized carbons (Fsp3) is 0.385. The third-order valence-corrected chi connectivity index (χ3v) is 2.74. The largest absolute Gasteiger partial charge is 0.573 e. The van der Waals surface area contributed by atoms with E-state index in [1.165, 1.54) is 24.3 Å². The van der Waals surface area contributed by atoms with Gasteiger partial charge in [0.1, 0.15) is 11.4 Å². The van der Waals surface area contributed by atoms with E-state index in [2.05, 4.69) is 20.4 Å². The first-order valence-corrected chi connectivity index (χ1v) is 6.39. The number of alkyl halides is 3. The molecule has 8 heteroatoms. The average Bonchev–Trinajstić information content (AvgIpc) is 2.87. The number of rotatable bonds is 6. The lowest BCUT2D eigenvalue weighted by molar-refractivity contribution is -0.274. The van der Waals surface area contributed by atoms with Crippen molar-refractivity contribution in [2.24, 2.45) is 0 Å². The predicted octanol–water partition coefficient (Wildman–Crippen LogP) is 2.45. The number of benzene rings is 1. The van der Waals surface area contributed by atoms with Crippen molar-refractivity contribution in [1.29, 1.82) is 0 Å². The van der Waals surface area contributed by atoms with E-state index in [4.69, 9.17) is 0 Å². The molecule has 2 aromatic rings. The lowest BCUT2D eigenvalue weighted by atomic mass is 10.2. The third-order valence-electron chi connectivity index (χ3n) is 2.74. The van der Waals surface area contributed by atoms with Gasteiger partial charge in [0.15, 0.2) is 0 Å². The molecule has 21 heavy (non-hydrogen) atoms. The molecule has 0 amide bonds. The van der Waals surface area contributed by atoms with Gasteiger partial charge in [-0.15, -0.1) is 18.3 Å². The van der Waals surface area contributed by atoms with Crippen molar-refractivity contribution in [3.8, 4) is 17.0 Å². The van der Waals surface area contributed by atoms with Gasteiger partial charge in [0, 0.05) is 12.1 Å². The Hall–Kier alpha value is -2.09. The molecule has 5 nitrogen and oxygen atoms in total. The molecule has 0 bridgehead atoms. The van der Waals surface area contributed by atoms with Crippen LogP contribution in [-0.2, 0) is 6.54 Å². The lowest BCUT2D eigenvalue weighted by Gasteiger charge is -2.08. The van der Waals surface area contributed by atoms with Crippen LogP contribution in [0.5, 0.6) is 5.75 Å². The second-order valence-electron chi connectivity index (χ2n) is 4.40. The SMILES string of the molecule is CNCCCn1cc(-c2ccc(OC(F)(F)F)cc2)nn1. The van der Waals surface area contributed by atoms with Gasteiger partial charge in [-0.1, -0.05) is 5.21 Å². The van der Waals surface area contributed by atoms with Crippen LogP contribution in [0.25, 0.3) is 11.3 Å². The molecule has 0 fully saturated rings. The highest BCUT2D eigenvalue weighted by atomic mass is 19.4. The highest BCUT2D eigenvalue weighted by molar-refractivity contribution is 5.58. The van der Waals surface area contributed by atoms with Crippen LogP contribution in [-0.4, -0.2) is 34.9 Å². The van der Waals surface area contributed by atoms with E-state index >= 15 is 0 Å². The number of halogens is 3. The van der Waals surface area contributed by atoms with Crippen LogP contribution in [0.2, 0.25) is 0 Å². The van der Waals surface area contributed by atoms with Crippen molar-refractivity contribution in [3.63, 3.8) is 0 Å². The Labute approximate surface area is 119 Å². The Kier molecular flexibility index (Phi) is 4.79. The summed E-state index contributed by atoms with van der Waals surface area (Å²) in [6, 6.07) is 5.54. The summed E-state index contributed by atoms with van der Waals surface area (Å²) in [7, 11) is 1.87. The Morgan fingerprint density at radius 2 is 1.95 bits per heavy atom. The van der Waals surface area contributed by atoms with Gasteiger partial charge in [-0.25, -0.2) is 0 Å². The molecule has 114 valence electrons. The van der Waals surface area contributed by atoms with Crippen LogP contribution in [0.3, 0.4) is 0 Å². The Morgan fingerprint density at radius 3 is 2.57 bits per heavy atom. The summed E-state index contributed by atoms with van der Waals surface area (Å²) in [4.78, 5) is 0. The summed E-state index contributed by atoms with van der Waals surface area (Å²) >= 11 is 0. The van der Waals surface area contributed by atoms with Crippen molar-refractivity contribution in [2.45, 2.75) is 19.3 Å². The number of hydrogen-bond acceptors (Lipinski definition) is 4. The summed E-state index contributed by atoms with van der Waals surface area (Å²) in [5.74, 6) is -0.257. The van der Waals surface area contributed by atoms with E-state index in [0.29, 0.717) is 11.3 Å². The maximum atomic E-state index is 12.1. The maximum absolute atomic E-state index is 12.1. The molecule has 1 aromatic heterocycles. The minimum atomic E-state index is -4.68. The molecule has 2 rings (SSSR count). The van der Waals surface area contributed by atoms with Crippen LogP contribution in [0.15, 0.2) is 30.5 Å². The zero-order valence-corrected chi connectivity index (χ0v) is 11.4. The molecular formula is C13H15F3N4O. The van der Waals surface area contributed by atoms with Gasteiger partial charge >= 0.3 is 6.36 Å². The van der Waals surface area contributed by atoms with Gasteiger partial charge in [-0.3, -0.25) is 4.68 Å². The Bertz CT molecular complexity index is 566. The van der Waals surface area contributed by atoms with E-state index in [-0.39, 0.29) is 5.75 Å². The highest BCUT2D eigenvalue weighted by Crippen LogP contribution is 2.25. The molecule has 0 saturated carbocycles. The molecule has 0 radical (unpaired) electrons. The lowest BCUT2D eigenvalue weighted by Crippen LogP contribution is -2.16. The first-order valence-electron chi connectivity index (χ1n) is 6.39. The number of aryl methyl sites for hydroxylation is 1. The quantitative estimate of drug-likeness (QED) is 0.833. The zero-order chi connectivity index (χ0) is 15.3. The molecule has 0 spiro atoms. The summed E-state index contributed by atoms with van der Waals surface area (Å²) in [5.41, 5.74) is 1.29. The van der Waals surface area contributed by atoms with Gasteiger partial charge in [-0.2, -0.15) is 0 Å². The summed E-state index contributed by atoms with van der Waals surface area (Å²) in [5, 5.41) is 11.0. The minimum Gasteiger partial charge on any atom is -0.406 e. The molecule has 1 heterocycles. The molecule has 0 unspecified atom stereocenters. The minimum absolute atomic E-state index is 0.257. The van der Waals surface area contributed by atoms with Crippen molar-refractivity contribution in [3.05, 3.63) is 30.5 Å². The van der Waals surface area contributed by atoms with Crippen LogP contribution in [0.1, 0.15) is 6.42 Å². The monoisotopic (exact) mass is 300 g/mol. The topological polar surface area (TPSA) is 52.0 Å². The Morgan fingerprint density at radius 1 is 1.24 bits per heavy atom. The predicted molar refractivity (Wildman–Crippen MR) is 70.7 cm³/mol. The number of ether oxygens (including phenoxy) is 1. The molecule has 0 saturated heterocycles. The summed E-state index contributed by atoms with van der Waals surface area (Å²) < 4.78 is 41.7.